The van der Waals surface area contributed by atoms with Gasteiger partial charge in [-0.05, 0) is 61.1 Å². The zero-order chi connectivity index (χ0) is 22.8. The van der Waals surface area contributed by atoms with Crippen molar-refractivity contribution in [1.82, 2.24) is 9.97 Å². The summed E-state index contributed by atoms with van der Waals surface area (Å²) in [5, 5.41) is 0.772. The van der Waals surface area contributed by atoms with Crippen LogP contribution in [0.15, 0.2) is 58.2 Å². The Labute approximate surface area is 201 Å². The third-order valence-corrected chi connectivity index (χ3v) is 8.08. The predicted octanol–water partition coefficient (Wildman–Crippen LogP) is 5.96. The molecule has 1 unspecified atom stereocenters. The Kier molecular flexibility index (Phi) is 6.42. The number of thioether (sulfide) groups is 1. The molecule has 0 radical (unpaired) electrons. The number of rotatable bonds is 7. The van der Waals surface area contributed by atoms with Crippen molar-refractivity contribution in [2.24, 2.45) is 5.92 Å². The van der Waals surface area contributed by atoms with Crippen molar-refractivity contribution in [3.8, 4) is 22.9 Å². The Hall–Kier alpha value is -2.77. The van der Waals surface area contributed by atoms with Gasteiger partial charge in [-0.1, -0.05) is 25.1 Å². The van der Waals surface area contributed by atoms with Crippen LogP contribution in [0.2, 0.25) is 0 Å². The van der Waals surface area contributed by atoms with Gasteiger partial charge in [0.05, 0.1) is 19.1 Å². The first kappa shape index (κ1) is 22.0. The second-order valence-corrected chi connectivity index (χ2v) is 10.6. The molecule has 0 bridgehead atoms. The Bertz CT molecular complexity index is 1330. The molecule has 33 heavy (non-hydrogen) atoms. The predicted molar refractivity (Wildman–Crippen MR) is 136 cm³/mol. The Balaban J connectivity index is 1.35. The minimum absolute atomic E-state index is 0.0562. The van der Waals surface area contributed by atoms with Crippen LogP contribution in [0.5, 0.6) is 11.5 Å². The molecule has 1 atom stereocenters. The zero-order valence-corrected chi connectivity index (χ0v) is 20.4. The maximum absolute atomic E-state index is 13.0. The quantitative estimate of drug-likeness (QED) is 0.262. The van der Waals surface area contributed by atoms with Crippen LogP contribution >= 0.6 is 23.1 Å². The fourth-order valence-electron chi connectivity index (χ4n) is 4.25. The number of benzene rings is 2. The van der Waals surface area contributed by atoms with Gasteiger partial charge in [0.1, 0.15) is 10.7 Å². The molecule has 5 rings (SSSR count). The third-order valence-electron chi connectivity index (χ3n) is 5.96. The number of fused-ring (bicyclic) bond motifs is 3. The lowest BCUT2D eigenvalue weighted by Crippen LogP contribution is -2.13. The van der Waals surface area contributed by atoms with E-state index in [1.165, 1.54) is 15.3 Å². The Morgan fingerprint density at radius 3 is 2.85 bits per heavy atom. The number of ether oxygens (including phenoxy) is 2. The topological polar surface area (TPSA) is 64.2 Å². The maximum atomic E-state index is 13.0. The number of methoxy groups -OCH3 is 1. The van der Waals surface area contributed by atoms with E-state index in [-0.39, 0.29) is 5.56 Å². The number of aromatic nitrogens is 2. The van der Waals surface area contributed by atoms with E-state index in [4.69, 9.17) is 14.5 Å². The second kappa shape index (κ2) is 9.61. The smallest absolute Gasteiger partial charge is 0.260 e. The number of H-pyrrole nitrogens is 1. The average Bonchev–Trinajstić information content (AvgIpc) is 3.20. The van der Waals surface area contributed by atoms with Crippen molar-refractivity contribution in [3.05, 3.63) is 69.3 Å². The number of aromatic amines is 1. The number of thiophene rings is 1. The molecule has 0 saturated heterocycles. The second-order valence-electron chi connectivity index (χ2n) is 8.32. The standard InChI is InChI=1S/C26H26N2O3S2/c1-16-8-10-19-22(14-16)33-26-23(19)25(29)27-24(28-26)17-9-11-20(21(15-17)30-2)31-12-13-32-18-6-4-3-5-7-18/h3-7,9,11,15-16H,8,10,12-14H2,1-2H3,(H,27,28,29). The van der Waals surface area contributed by atoms with Crippen LogP contribution in [-0.4, -0.2) is 29.4 Å². The van der Waals surface area contributed by atoms with Crippen LogP contribution < -0.4 is 15.0 Å². The van der Waals surface area contributed by atoms with Gasteiger partial charge in [0.25, 0.3) is 5.56 Å². The molecule has 1 aliphatic rings. The van der Waals surface area contributed by atoms with Crippen molar-refractivity contribution in [2.45, 2.75) is 31.1 Å². The van der Waals surface area contributed by atoms with E-state index in [2.05, 4.69) is 24.0 Å². The molecule has 2 heterocycles. The molecule has 5 nitrogen and oxygen atoms in total. The highest BCUT2D eigenvalue weighted by Gasteiger charge is 2.23. The third kappa shape index (κ3) is 4.66. The SMILES string of the molecule is COc1cc(-c2nc3sc4c(c3c(=O)[nH]2)CCC(C)C4)ccc1OCCSc1ccccc1. The molecule has 1 N–H and O–H groups in total. The zero-order valence-electron chi connectivity index (χ0n) is 18.7. The van der Waals surface area contributed by atoms with E-state index >= 15 is 0 Å². The molecule has 0 amide bonds. The highest BCUT2D eigenvalue weighted by molar-refractivity contribution is 7.99. The molecular formula is C26H26N2O3S2. The number of nitrogens with zero attached hydrogens (tertiary/aromatic N) is 1. The monoisotopic (exact) mass is 478 g/mol. The summed E-state index contributed by atoms with van der Waals surface area (Å²) >= 11 is 3.41. The van der Waals surface area contributed by atoms with E-state index in [1.54, 1.807) is 30.2 Å². The lowest BCUT2D eigenvalue weighted by molar-refractivity contribution is 0.313. The summed E-state index contributed by atoms with van der Waals surface area (Å²) in [5.74, 6) is 3.36. The van der Waals surface area contributed by atoms with Gasteiger partial charge in [0.15, 0.2) is 11.5 Å². The number of hydrogen-bond donors (Lipinski definition) is 1. The van der Waals surface area contributed by atoms with Crippen LogP contribution in [0.4, 0.5) is 0 Å². The molecule has 7 heteroatoms. The van der Waals surface area contributed by atoms with Gasteiger partial charge >= 0.3 is 0 Å². The lowest BCUT2D eigenvalue weighted by Gasteiger charge is -2.17. The molecule has 0 fully saturated rings. The van der Waals surface area contributed by atoms with Gasteiger partial charge in [-0.15, -0.1) is 23.1 Å². The summed E-state index contributed by atoms with van der Waals surface area (Å²) < 4.78 is 11.5. The fourth-order valence-corrected chi connectivity index (χ4v) is 6.38. The Morgan fingerprint density at radius 1 is 1.18 bits per heavy atom. The van der Waals surface area contributed by atoms with Gasteiger partial charge in [-0.3, -0.25) is 4.79 Å². The molecule has 2 aromatic carbocycles. The van der Waals surface area contributed by atoms with Gasteiger partial charge in [0, 0.05) is 21.1 Å². The van der Waals surface area contributed by atoms with Crippen molar-refractivity contribution < 1.29 is 9.47 Å². The van der Waals surface area contributed by atoms with Crippen LogP contribution in [0.25, 0.3) is 21.6 Å². The van der Waals surface area contributed by atoms with Gasteiger partial charge in [0.2, 0.25) is 0 Å². The lowest BCUT2D eigenvalue weighted by atomic mass is 9.89. The van der Waals surface area contributed by atoms with Crippen molar-refractivity contribution >= 4 is 33.3 Å². The highest BCUT2D eigenvalue weighted by Crippen LogP contribution is 2.37. The maximum Gasteiger partial charge on any atom is 0.260 e. The molecule has 0 aliphatic heterocycles. The summed E-state index contributed by atoms with van der Waals surface area (Å²) in [6.07, 6.45) is 3.12. The van der Waals surface area contributed by atoms with E-state index in [0.717, 1.165) is 40.8 Å². The summed E-state index contributed by atoms with van der Waals surface area (Å²) in [6, 6.07) is 15.9. The van der Waals surface area contributed by atoms with Gasteiger partial charge < -0.3 is 14.5 Å². The van der Waals surface area contributed by atoms with Gasteiger partial charge in [-0.2, -0.15) is 0 Å². The van der Waals surface area contributed by atoms with Crippen LogP contribution in [0, 0.1) is 5.92 Å². The molecule has 0 spiro atoms. The van der Waals surface area contributed by atoms with Crippen molar-refractivity contribution in [1.29, 1.82) is 0 Å². The minimum atomic E-state index is -0.0562. The molecule has 0 saturated carbocycles. The number of nitrogens with one attached hydrogen (secondary N) is 1. The molecular weight excluding hydrogens is 452 g/mol. The summed E-state index contributed by atoms with van der Waals surface area (Å²) in [5.41, 5.74) is 1.94. The van der Waals surface area contributed by atoms with E-state index in [1.807, 2.05) is 36.4 Å². The van der Waals surface area contributed by atoms with E-state index in [9.17, 15) is 4.79 Å². The minimum Gasteiger partial charge on any atom is -0.493 e. The fraction of sp³-hybridized carbons (Fsp3) is 0.308. The van der Waals surface area contributed by atoms with Crippen LogP contribution in [0.1, 0.15) is 23.8 Å². The van der Waals surface area contributed by atoms with Crippen LogP contribution in [0.3, 0.4) is 0 Å². The van der Waals surface area contributed by atoms with Crippen molar-refractivity contribution in [3.63, 3.8) is 0 Å². The normalized spacial score (nSPS) is 15.4. The molecule has 1 aliphatic carbocycles. The molecule has 2 aromatic heterocycles. The summed E-state index contributed by atoms with van der Waals surface area (Å²) in [6.45, 7) is 2.84. The molecule has 170 valence electrons. The van der Waals surface area contributed by atoms with Crippen LogP contribution in [-0.2, 0) is 12.8 Å². The largest absolute Gasteiger partial charge is 0.493 e. The average molecular weight is 479 g/mol. The first-order valence-electron chi connectivity index (χ1n) is 11.2. The van der Waals surface area contributed by atoms with Gasteiger partial charge in [-0.25, -0.2) is 4.98 Å². The Morgan fingerprint density at radius 2 is 2.03 bits per heavy atom. The number of aryl methyl sites for hydroxylation is 1. The van der Waals surface area contributed by atoms with E-state index < -0.39 is 0 Å². The highest BCUT2D eigenvalue weighted by atomic mass is 32.2. The summed E-state index contributed by atoms with van der Waals surface area (Å²) in [4.78, 5) is 24.1. The first-order valence-corrected chi connectivity index (χ1v) is 13.0. The number of hydrogen-bond acceptors (Lipinski definition) is 6. The first-order chi connectivity index (χ1) is 16.1. The summed E-state index contributed by atoms with van der Waals surface area (Å²) in [7, 11) is 1.62. The molecule has 4 aromatic rings. The van der Waals surface area contributed by atoms with Crippen molar-refractivity contribution in [2.75, 3.05) is 19.5 Å². The van der Waals surface area contributed by atoms with E-state index in [0.29, 0.717) is 29.8 Å².